The van der Waals surface area contributed by atoms with Gasteiger partial charge < -0.3 is 66.3 Å². The van der Waals surface area contributed by atoms with Crippen molar-refractivity contribution in [3.63, 3.8) is 0 Å². The molecule has 8 rings (SSSR count). The van der Waals surface area contributed by atoms with E-state index in [9.17, 15) is 38.4 Å². The maximum Gasteiger partial charge on any atom is 0.303 e. The van der Waals surface area contributed by atoms with Crippen LogP contribution in [0.5, 0.6) is 0 Å². The summed E-state index contributed by atoms with van der Waals surface area (Å²) in [5.74, 6) is -4.62. The molecule has 0 aromatic carbocycles. The van der Waals surface area contributed by atoms with Gasteiger partial charge in [-0.3, -0.25) is 38.4 Å². The molecular weight excluding hydrogens is 1010 g/mol. The van der Waals surface area contributed by atoms with Gasteiger partial charge in [0.05, 0.1) is 18.8 Å². The van der Waals surface area contributed by atoms with Gasteiger partial charge in [-0.1, -0.05) is 27.7 Å². The lowest BCUT2D eigenvalue weighted by Crippen LogP contribution is -2.68. The maximum absolute atomic E-state index is 13.2. The smallest absolute Gasteiger partial charge is 0.303 e. The van der Waals surface area contributed by atoms with Gasteiger partial charge in [-0.25, -0.2) is 0 Å². The van der Waals surface area contributed by atoms with E-state index in [2.05, 4.69) is 27.7 Å². The minimum Gasteiger partial charge on any atom is -0.463 e. The van der Waals surface area contributed by atoms with Crippen LogP contribution in [0.25, 0.3) is 0 Å². The Morgan fingerprint density at radius 3 is 1.55 bits per heavy atom. The molecule has 1 spiro atoms. The van der Waals surface area contributed by atoms with Crippen LogP contribution in [0.15, 0.2) is 0 Å². The summed E-state index contributed by atoms with van der Waals surface area (Å²) in [6.07, 6.45) is -10.3. The van der Waals surface area contributed by atoms with E-state index in [1.165, 1.54) is 6.92 Å². The molecule has 0 aromatic heterocycles. The second kappa shape index (κ2) is 23.3. The van der Waals surface area contributed by atoms with Crippen molar-refractivity contribution in [3.05, 3.63) is 0 Å². The van der Waals surface area contributed by atoms with Crippen LogP contribution in [0.3, 0.4) is 0 Å². The third-order valence-electron chi connectivity index (χ3n) is 18.4. The molecule has 77 heavy (non-hydrogen) atoms. The van der Waals surface area contributed by atoms with Gasteiger partial charge in [0.25, 0.3) is 0 Å². The first-order chi connectivity index (χ1) is 36.2. The lowest BCUT2D eigenvalue weighted by molar-refractivity contribution is -0.377. The number of ether oxygens (including phenoxy) is 14. The van der Waals surface area contributed by atoms with E-state index in [-0.39, 0.29) is 28.8 Å². The van der Waals surface area contributed by atoms with Gasteiger partial charge in [-0.05, 0) is 97.7 Å². The molecule has 4 heterocycles. The molecule has 4 saturated heterocycles. The van der Waals surface area contributed by atoms with Crippen molar-refractivity contribution in [1.82, 2.24) is 0 Å². The molecule has 22 heteroatoms. The highest BCUT2D eigenvalue weighted by molar-refractivity contribution is 5.69. The fourth-order valence-electron chi connectivity index (χ4n) is 15.5. The summed E-state index contributed by atoms with van der Waals surface area (Å²) in [5.41, 5.74) is -0.233. The molecule has 0 N–H and O–H groups in total. The zero-order valence-electron chi connectivity index (χ0n) is 46.5. The van der Waals surface area contributed by atoms with Crippen molar-refractivity contribution < 1.29 is 105 Å². The lowest BCUT2D eigenvalue weighted by Gasteiger charge is -2.62. The van der Waals surface area contributed by atoms with Crippen LogP contribution in [-0.2, 0) is 105 Å². The van der Waals surface area contributed by atoms with Gasteiger partial charge in [-0.15, -0.1) is 0 Å². The Morgan fingerprint density at radius 2 is 1.03 bits per heavy atom. The molecule has 4 saturated carbocycles. The van der Waals surface area contributed by atoms with E-state index in [0.29, 0.717) is 49.0 Å². The molecule has 8 aliphatic rings. The monoisotopic (exact) mass is 1090 g/mol. The number of hydrogen-bond acceptors (Lipinski definition) is 22. The Hall–Kier alpha value is -4.48. The molecule has 4 aliphatic carbocycles. The molecule has 22 nitrogen and oxygen atoms in total. The SMILES string of the molecule is CC(=O)OC[C@H]1O[C@@H](O[C@@H]2C[C@H]3CC[C@@H]4[C@H](CC[C@]5(C)[C@@H]6[C@H](C[C@@H]45)O[C@]4(CC[C@H](C)CO4)[C@H]6C)[C@@]3(C)C[C@@H]2OC(C)=O)[C@H](O[C@@H]2O[C@H](COC(C)=O)[C@@H](OC(C)=O)[C@H](OC(C)=O)[C@H]2OC(C)=O)[C@@H](OC(C)=O)[C@H]1OC(C)=O. The normalized spacial score (nSPS) is 43.9. The Labute approximate surface area is 449 Å². The highest BCUT2D eigenvalue weighted by Crippen LogP contribution is 2.71. The number of rotatable bonds is 14. The second-order valence-corrected chi connectivity index (χ2v) is 23.6. The van der Waals surface area contributed by atoms with Crippen LogP contribution < -0.4 is 0 Å². The van der Waals surface area contributed by atoms with Gasteiger partial charge in [0.2, 0.25) is 0 Å². The molecule has 0 amide bonds. The number of carbonyl (C=O) groups is 8. The van der Waals surface area contributed by atoms with Crippen LogP contribution in [0, 0.1) is 52.3 Å². The predicted octanol–water partition coefficient (Wildman–Crippen LogP) is 4.98. The van der Waals surface area contributed by atoms with Crippen LogP contribution in [0.1, 0.15) is 141 Å². The van der Waals surface area contributed by atoms with Crippen LogP contribution in [-0.4, -0.2) is 153 Å². The van der Waals surface area contributed by atoms with Gasteiger partial charge in [0, 0.05) is 67.7 Å². The average Bonchev–Trinajstić information content (AvgIpc) is 4.02. The Kier molecular flexibility index (Phi) is 17.8. The fraction of sp³-hybridized carbons (Fsp3) is 0.855. The van der Waals surface area contributed by atoms with Crippen molar-refractivity contribution in [3.8, 4) is 0 Å². The van der Waals surface area contributed by atoms with Crippen molar-refractivity contribution in [2.24, 2.45) is 52.3 Å². The molecule has 0 aromatic rings. The molecule has 0 bridgehead atoms. The van der Waals surface area contributed by atoms with E-state index >= 15 is 0 Å². The first-order valence-electron chi connectivity index (χ1n) is 27.5. The quantitative estimate of drug-likeness (QED) is 0.126. The lowest BCUT2D eigenvalue weighted by atomic mass is 9.44. The topological polar surface area (TPSA) is 266 Å². The van der Waals surface area contributed by atoms with Crippen LogP contribution in [0.4, 0.5) is 0 Å². The van der Waals surface area contributed by atoms with E-state index in [1.54, 1.807) is 0 Å². The van der Waals surface area contributed by atoms with Crippen molar-refractivity contribution in [2.45, 2.75) is 226 Å². The van der Waals surface area contributed by atoms with Gasteiger partial charge in [0.1, 0.15) is 31.5 Å². The summed E-state index contributed by atoms with van der Waals surface area (Å²) in [4.78, 5) is 102. The van der Waals surface area contributed by atoms with Crippen molar-refractivity contribution >= 4 is 47.8 Å². The van der Waals surface area contributed by atoms with Gasteiger partial charge >= 0.3 is 47.8 Å². The maximum atomic E-state index is 13.2. The van der Waals surface area contributed by atoms with Crippen molar-refractivity contribution in [2.75, 3.05) is 19.8 Å². The molecular formula is C55H80O22. The average molecular weight is 1090 g/mol. The molecule has 432 valence electrons. The molecule has 0 radical (unpaired) electrons. The number of fused-ring (bicyclic) bond motifs is 7. The van der Waals surface area contributed by atoms with Crippen LogP contribution in [0.2, 0.25) is 0 Å². The van der Waals surface area contributed by atoms with Crippen molar-refractivity contribution in [1.29, 1.82) is 0 Å². The number of carbonyl (C=O) groups excluding carboxylic acids is 8. The van der Waals surface area contributed by atoms with E-state index < -0.39 is 140 Å². The Balaban J connectivity index is 1.13. The zero-order valence-corrected chi connectivity index (χ0v) is 46.5. The first-order valence-corrected chi connectivity index (χ1v) is 27.5. The number of hydrogen-bond donors (Lipinski definition) is 0. The third kappa shape index (κ3) is 12.2. The van der Waals surface area contributed by atoms with Crippen LogP contribution >= 0.6 is 0 Å². The summed E-state index contributed by atoms with van der Waals surface area (Å²) < 4.78 is 85.9. The minimum atomic E-state index is -1.87. The first kappa shape index (κ1) is 58.7. The predicted molar refractivity (Wildman–Crippen MR) is 261 cm³/mol. The molecule has 4 aliphatic heterocycles. The highest BCUT2D eigenvalue weighted by Gasteiger charge is 2.70. The van der Waals surface area contributed by atoms with E-state index in [4.69, 9.17) is 66.3 Å². The molecule has 0 unspecified atom stereocenters. The molecule has 8 fully saturated rings. The van der Waals surface area contributed by atoms with Gasteiger partial charge in [-0.2, -0.15) is 0 Å². The second-order valence-electron chi connectivity index (χ2n) is 23.6. The third-order valence-corrected chi connectivity index (χ3v) is 18.4. The highest BCUT2D eigenvalue weighted by atomic mass is 16.8. The van der Waals surface area contributed by atoms with Gasteiger partial charge in [0.15, 0.2) is 55.0 Å². The number of esters is 8. The standard InChI is InChI=1S/C55H80O22/c1-25-15-18-55(66-22-25)26(2)44-40(77-55)20-38-36-14-13-35-19-39(41(67-29(5)58)21-54(35,12)37(36)16-17-53(38,44)11)73-51-50(48(71-33(9)62)46(69-31(7)60)42(74-51)23-64-27(3)56)76-52-49(72-34(10)63)47(70-32(8)61)45(68-30(6)59)43(75-52)24-65-28(4)57/h25-26,35-52H,13-24H2,1-12H3/t25-,26-,35+,36+,37-,38-,39+,40-,41-,42+,43+,44-,45+,46-,47-,48-,49+,50+,51+,52-,53-,54-,55+/m0/s1. The van der Waals surface area contributed by atoms with E-state index in [0.717, 1.165) is 93.4 Å². The fourth-order valence-corrected chi connectivity index (χ4v) is 15.5. The summed E-state index contributed by atoms with van der Waals surface area (Å²) >= 11 is 0. The minimum absolute atomic E-state index is 0.0644. The largest absolute Gasteiger partial charge is 0.463 e. The summed E-state index contributed by atoms with van der Waals surface area (Å²) in [7, 11) is 0. The summed E-state index contributed by atoms with van der Waals surface area (Å²) in [6.45, 7) is 18.0. The Morgan fingerprint density at radius 1 is 0.506 bits per heavy atom. The van der Waals surface area contributed by atoms with E-state index in [1.807, 2.05) is 0 Å². The Bertz CT molecular complexity index is 2230. The molecule has 23 atom stereocenters. The summed E-state index contributed by atoms with van der Waals surface area (Å²) in [6, 6.07) is 0. The zero-order chi connectivity index (χ0) is 56.1. The summed E-state index contributed by atoms with van der Waals surface area (Å²) in [5, 5.41) is 0.